The zero-order valence-electron chi connectivity index (χ0n) is 10.8. The molecule has 100 valence electrons. The van der Waals surface area contributed by atoms with E-state index in [-0.39, 0.29) is 24.3 Å². The van der Waals surface area contributed by atoms with Crippen LogP contribution in [-0.2, 0) is 14.3 Å². The molecule has 1 heterocycles. The minimum Gasteiger partial charge on any atom is -0.466 e. The van der Waals surface area contributed by atoms with Crippen LogP contribution in [0.4, 0.5) is 0 Å². The molecule has 0 aromatic carbocycles. The molecule has 1 rings (SSSR count). The van der Waals surface area contributed by atoms with Crippen molar-refractivity contribution in [3.8, 4) is 0 Å². The van der Waals surface area contributed by atoms with Crippen LogP contribution in [-0.4, -0.2) is 18.5 Å². The highest BCUT2D eigenvalue weighted by Crippen LogP contribution is 2.22. The van der Waals surface area contributed by atoms with Gasteiger partial charge in [-0.05, 0) is 17.9 Å². The first-order valence-electron chi connectivity index (χ1n) is 6.09. The van der Waals surface area contributed by atoms with Gasteiger partial charge in [0.05, 0.1) is 19.1 Å². The molecule has 0 saturated heterocycles. The van der Waals surface area contributed by atoms with Gasteiger partial charge < -0.3 is 10.1 Å². The van der Waals surface area contributed by atoms with Crippen LogP contribution < -0.4 is 5.32 Å². The quantitative estimate of drug-likeness (QED) is 0.611. The van der Waals surface area contributed by atoms with E-state index in [4.69, 9.17) is 4.74 Å². The average Bonchev–Trinajstić information content (AvgIpc) is 2.81. The van der Waals surface area contributed by atoms with Crippen LogP contribution in [0.2, 0.25) is 0 Å². The number of esters is 1. The Morgan fingerprint density at radius 3 is 2.83 bits per heavy atom. The van der Waals surface area contributed by atoms with Crippen molar-refractivity contribution in [3.63, 3.8) is 0 Å². The van der Waals surface area contributed by atoms with E-state index in [2.05, 4.69) is 5.32 Å². The van der Waals surface area contributed by atoms with Crippen LogP contribution in [0.25, 0.3) is 0 Å². The first-order valence-corrected chi connectivity index (χ1v) is 6.97. The van der Waals surface area contributed by atoms with E-state index in [9.17, 15) is 9.59 Å². The zero-order valence-corrected chi connectivity index (χ0v) is 11.6. The number of hydrogen-bond donors (Lipinski definition) is 1. The van der Waals surface area contributed by atoms with Crippen LogP contribution >= 0.6 is 11.3 Å². The molecular formula is C13H19NO3S. The fourth-order valence-corrected chi connectivity index (χ4v) is 2.29. The molecular weight excluding hydrogens is 250 g/mol. The Morgan fingerprint density at radius 2 is 2.28 bits per heavy atom. The van der Waals surface area contributed by atoms with Crippen molar-refractivity contribution in [2.45, 2.75) is 39.2 Å². The SMILES string of the molecule is CCCCOC(=O)CC(NC(C)=O)c1cccs1. The van der Waals surface area contributed by atoms with Gasteiger partial charge in [0, 0.05) is 11.8 Å². The summed E-state index contributed by atoms with van der Waals surface area (Å²) in [6.07, 6.45) is 2.05. The third kappa shape index (κ3) is 5.31. The number of unbranched alkanes of at least 4 members (excludes halogenated alkanes) is 1. The van der Waals surface area contributed by atoms with Crippen LogP contribution in [0.3, 0.4) is 0 Å². The Morgan fingerprint density at radius 1 is 1.50 bits per heavy atom. The Labute approximate surface area is 111 Å². The fourth-order valence-electron chi connectivity index (χ4n) is 1.51. The van der Waals surface area contributed by atoms with Gasteiger partial charge in [-0.25, -0.2) is 0 Å². The molecule has 1 aromatic heterocycles. The Balaban J connectivity index is 2.51. The van der Waals surface area contributed by atoms with E-state index in [0.29, 0.717) is 6.61 Å². The van der Waals surface area contributed by atoms with Gasteiger partial charge in [0.25, 0.3) is 0 Å². The maximum atomic E-state index is 11.6. The smallest absolute Gasteiger partial charge is 0.308 e. The summed E-state index contributed by atoms with van der Waals surface area (Å²) in [5.74, 6) is -0.412. The summed E-state index contributed by atoms with van der Waals surface area (Å²) in [5.41, 5.74) is 0. The van der Waals surface area contributed by atoms with Crippen molar-refractivity contribution >= 4 is 23.2 Å². The minimum absolute atomic E-state index is 0.144. The first kappa shape index (κ1) is 14.7. The largest absolute Gasteiger partial charge is 0.466 e. The van der Waals surface area contributed by atoms with Crippen molar-refractivity contribution in [1.29, 1.82) is 0 Å². The molecule has 1 N–H and O–H groups in total. The molecule has 0 spiro atoms. The molecule has 0 aliphatic heterocycles. The summed E-state index contributed by atoms with van der Waals surface area (Å²) in [5, 5.41) is 4.70. The fraction of sp³-hybridized carbons (Fsp3) is 0.538. The normalized spacial score (nSPS) is 11.9. The molecule has 1 atom stereocenters. The van der Waals surface area contributed by atoms with Crippen LogP contribution in [0.1, 0.15) is 44.0 Å². The van der Waals surface area contributed by atoms with E-state index in [1.807, 2.05) is 24.4 Å². The minimum atomic E-state index is -0.281. The van der Waals surface area contributed by atoms with Crippen molar-refractivity contribution in [1.82, 2.24) is 5.32 Å². The zero-order chi connectivity index (χ0) is 13.4. The standard InChI is InChI=1S/C13H19NO3S/c1-3-4-7-17-13(16)9-11(14-10(2)15)12-6-5-8-18-12/h5-6,8,11H,3-4,7,9H2,1-2H3,(H,14,15). The summed E-state index contributed by atoms with van der Waals surface area (Å²) in [6.45, 7) is 3.94. The lowest BCUT2D eigenvalue weighted by atomic mass is 10.1. The van der Waals surface area contributed by atoms with E-state index >= 15 is 0 Å². The summed E-state index contributed by atoms with van der Waals surface area (Å²) < 4.78 is 5.11. The van der Waals surface area contributed by atoms with E-state index in [0.717, 1.165) is 17.7 Å². The van der Waals surface area contributed by atoms with E-state index in [1.54, 1.807) is 0 Å². The Hall–Kier alpha value is -1.36. The van der Waals surface area contributed by atoms with Gasteiger partial charge in [-0.15, -0.1) is 11.3 Å². The van der Waals surface area contributed by atoms with Crippen molar-refractivity contribution in [2.75, 3.05) is 6.61 Å². The van der Waals surface area contributed by atoms with Gasteiger partial charge in [0.2, 0.25) is 5.91 Å². The van der Waals surface area contributed by atoms with Crippen LogP contribution in [0.15, 0.2) is 17.5 Å². The Bertz CT molecular complexity index is 376. The van der Waals surface area contributed by atoms with Gasteiger partial charge in [-0.1, -0.05) is 19.4 Å². The molecule has 1 unspecified atom stereocenters. The van der Waals surface area contributed by atoms with Crippen LogP contribution in [0, 0.1) is 0 Å². The highest BCUT2D eigenvalue weighted by molar-refractivity contribution is 7.10. The molecule has 0 fully saturated rings. The maximum absolute atomic E-state index is 11.6. The van der Waals surface area contributed by atoms with Gasteiger partial charge in [-0.2, -0.15) is 0 Å². The van der Waals surface area contributed by atoms with Gasteiger partial charge in [0.1, 0.15) is 0 Å². The topological polar surface area (TPSA) is 55.4 Å². The number of rotatable bonds is 7. The molecule has 0 radical (unpaired) electrons. The molecule has 18 heavy (non-hydrogen) atoms. The molecule has 0 saturated carbocycles. The Kier molecular flexibility index (Phi) is 6.43. The van der Waals surface area contributed by atoms with E-state index < -0.39 is 0 Å². The number of carbonyl (C=O) groups excluding carboxylic acids is 2. The predicted molar refractivity (Wildman–Crippen MR) is 71.4 cm³/mol. The molecule has 0 bridgehead atoms. The summed E-state index contributed by atoms with van der Waals surface area (Å²) in [7, 11) is 0. The lowest BCUT2D eigenvalue weighted by Crippen LogP contribution is -2.28. The van der Waals surface area contributed by atoms with Gasteiger partial charge in [-0.3, -0.25) is 9.59 Å². The van der Waals surface area contributed by atoms with Gasteiger partial charge in [0.15, 0.2) is 0 Å². The summed E-state index contributed by atoms with van der Waals surface area (Å²) in [6, 6.07) is 3.53. The molecule has 0 aliphatic carbocycles. The number of carbonyl (C=O) groups is 2. The molecule has 0 aliphatic rings. The maximum Gasteiger partial charge on any atom is 0.308 e. The highest BCUT2D eigenvalue weighted by atomic mass is 32.1. The monoisotopic (exact) mass is 269 g/mol. The van der Waals surface area contributed by atoms with Gasteiger partial charge >= 0.3 is 5.97 Å². The van der Waals surface area contributed by atoms with E-state index in [1.165, 1.54) is 18.3 Å². The molecule has 1 amide bonds. The average molecular weight is 269 g/mol. The number of ether oxygens (including phenoxy) is 1. The third-order valence-electron chi connectivity index (χ3n) is 2.40. The van der Waals surface area contributed by atoms with Crippen LogP contribution in [0.5, 0.6) is 0 Å². The predicted octanol–water partition coefficient (Wildman–Crippen LogP) is 2.66. The lowest BCUT2D eigenvalue weighted by molar-refractivity contribution is -0.144. The second-order valence-corrected chi connectivity index (χ2v) is 5.03. The lowest BCUT2D eigenvalue weighted by Gasteiger charge is -2.15. The molecule has 1 aromatic rings. The second-order valence-electron chi connectivity index (χ2n) is 4.05. The molecule has 4 nitrogen and oxygen atoms in total. The summed E-state index contributed by atoms with van der Waals surface area (Å²) >= 11 is 1.52. The summed E-state index contributed by atoms with van der Waals surface area (Å²) in [4.78, 5) is 23.7. The third-order valence-corrected chi connectivity index (χ3v) is 3.38. The molecule has 5 heteroatoms. The number of amides is 1. The highest BCUT2D eigenvalue weighted by Gasteiger charge is 2.18. The second kappa shape index (κ2) is 7.87. The van der Waals surface area contributed by atoms with Crippen molar-refractivity contribution in [2.24, 2.45) is 0 Å². The van der Waals surface area contributed by atoms with Crippen molar-refractivity contribution < 1.29 is 14.3 Å². The number of hydrogen-bond acceptors (Lipinski definition) is 4. The van der Waals surface area contributed by atoms with Crippen molar-refractivity contribution in [3.05, 3.63) is 22.4 Å². The number of thiophene rings is 1. The number of nitrogens with one attached hydrogen (secondary N) is 1. The first-order chi connectivity index (χ1) is 8.63.